The van der Waals surface area contributed by atoms with Crippen LogP contribution in [0.5, 0.6) is 0 Å². The molecule has 1 aliphatic rings. The number of nitrogens with one attached hydrogen (secondary N) is 1. The highest BCUT2D eigenvalue weighted by Gasteiger charge is 2.17. The molecular weight excluding hydrogens is 248 g/mol. The first-order valence-corrected chi connectivity index (χ1v) is 6.17. The molecule has 1 unspecified atom stereocenters. The number of aromatic carboxylic acids is 1. The monoisotopic (exact) mass is 262 g/mol. The van der Waals surface area contributed by atoms with Crippen LogP contribution in [0.4, 0.5) is 5.82 Å². The van der Waals surface area contributed by atoms with Gasteiger partial charge >= 0.3 is 5.97 Å². The quantitative estimate of drug-likeness (QED) is 0.855. The first kappa shape index (κ1) is 11.9. The van der Waals surface area contributed by atoms with Crippen LogP contribution in [0.2, 0.25) is 0 Å². The predicted octanol–water partition coefficient (Wildman–Crippen LogP) is 1.02. The summed E-state index contributed by atoms with van der Waals surface area (Å²) in [7, 11) is 0. The van der Waals surface area contributed by atoms with Crippen LogP contribution in [0.25, 0.3) is 5.65 Å². The Balaban J connectivity index is 1.84. The Morgan fingerprint density at radius 1 is 1.63 bits per heavy atom. The van der Waals surface area contributed by atoms with Crippen LogP contribution in [0.3, 0.4) is 0 Å². The Kier molecular flexibility index (Phi) is 3.04. The van der Waals surface area contributed by atoms with Crippen molar-refractivity contribution in [1.29, 1.82) is 0 Å². The largest absolute Gasteiger partial charge is 0.477 e. The van der Waals surface area contributed by atoms with Gasteiger partial charge in [-0.2, -0.15) is 9.61 Å². The molecule has 0 radical (unpaired) electrons. The highest BCUT2D eigenvalue weighted by molar-refractivity contribution is 5.94. The normalized spacial score (nSPS) is 18.8. The number of carboxylic acids is 1. The Labute approximate surface area is 109 Å². The van der Waals surface area contributed by atoms with E-state index < -0.39 is 5.97 Å². The first-order chi connectivity index (χ1) is 9.25. The zero-order chi connectivity index (χ0) is 13.2. The minimum absolute atomic E-state index is 0.0979. The summed E-state index contributed by atoms with van der Waals surface area (Å²) in [6.07, 6.45) is 5.21. The molecule has 2 N–H and O–H groups in total. The molecule has 0 saturated carbocycles. The molecule has 0 aliphatic carbocycles. The van der Waals surface area contributed by atoms with Gasteiger partial charge in [0.05, 0.1) is 12.3 Å². The van der Waals surface area contributed by atoms with E-state index in [0.717, 1.165) is 19.4 Å². The first-order valence-electron chi connectivity index (χ1n) is 6.17. The summed E-state index contributed by atoms with van der Waals surface area (Å²) in [5.74, 6) is -0.313. The smallest absolute Gasteiger partial charge is 0.341 e. The van der Waals surface area contributed by atoms with Gasteiger partial charge in [-0.25, -0.2) is 9.78 Å². The van der Waals surface area contributed by atoms with Crippen LogP contribution in [0.1, 0.15) is 23.2 Å². The molecule has 2 aromatic rings. The van der Waals surface area contributed by atoms with Gasteiger partial charge in [0.2, 0.25) is 0 Å². The minimum atomic E-state index is -1.03. The van der Waals surface area contributed by atoms with Gasteiger partial charge in [-0.05, 0) is 18.9 Å². The van der Waals surface area contributed by atoms with Gasteiger partial charge in [0.1, 0.15) is 11.4 Å². The molecule has 0 aromatic carbocycles. The van der Waals surface area contributed by atoms with Gasteiger partial charge in [-0.3, -0.25) is 0 Å². The zero-order valence-electron chi connectivity index (χ0n) is 10.2. The fourth-order valence-electron chi connectivity index (χ4n) is 2.20. The van der Waals surface area contributed by atoms with Crippen molar-refractivity contribution in [3.05, 3.63) is 24.0 Å². The lowest BCUT2D eigenvalue weighted by Gasteiger charge is -2.12. The molecule has 1 aliphatic heterocycles. The molecule has 19 heavy (non-hydrogen) atoms. The molecule has 100 valence electrons. The standard InChI is InChI=1S/C12H14N4O3/c17-12(18)9-7-15-16-10(3-4-13-11(9)16)14-6-8-2-1-5-19-8/h3-4,7-8,14H,1-2,5-6H2,(H,17,18). The SMILES string of the molecule is O=C(O)c1cnn2c(NCC3CCCO3)ccnc12. The second-order valence-electron chi connectivity index (χ2n) is 4.44. The van der Waals surface area contributed by atoms with Gasteiger partial charge in [0.25, 0.3) is 0 Å². The van der Waals surface area contributed by atoms with Crippen molar-refractivity contribution in [2.24, 2.45) is 0 Å². The number of carbonyl (C=O) groups is 1. The van der Waals surface area contributed by atoms with Crippen molar-refractivity contribution in [3.8, 4) is 0 Å². The van der Waals surface area contributed by atoms with Crippen LogP contribution >= 0.6 is 0 Å². The maximum atomic E-state index is 11.0. The summed E-state index contributed by atoms with van der Waals surface area (Å²) in [4.78, 5) is 15.1. The Hall–Kier alpha value is -2.15. The molecule has 1 saturated heterocycles. The van der Waals surface area contributed by atoms with Crippen LogP contribution < -0.4 is 5.32 Å². The summed E-state index contributed by atoms with van der Waals surface area (Å²) in [5.41, 5.74) is 0.436. The van der Waals surface area contributed by atoms with Crippen LogP contribution in [-0.2, 0) is 4.74 Å². The van der Waals surface area contributed by atoms with Crippen molar-refractivity contribution >= 4 is 17.4 Å². The number of rotatable bonds is 4. The third-order valence-electron chi connectivity index (χ3n) is 3.17. The molecule has 0 spiro atoms. The van der Waals surface area contributed by atoms with Gasteiger partial charge in [-0.1, -0.05) is 0 Å². The third kappa shape index (κ3) is 2.24. The van der Waals surface area contributed by atoms with Gasteiger partial charge in [0, 0.05) is 19.3 Å². The van der Waals surface area contributed by atoms with Crippen LogP contribution in [0.15, 0.2) is 18.5 Å². The van der Waals surface area contributed by atoms with Crippen molar-refractivity contribution < 1.29 is 14.6 Å². The van der Waals surface area contributed by atoms with E-state index in [1.165, 1.54) is 10.7 Å². The molecule has 7 nitrogen and oxygen atoms in total. The lowest BCUT2D eigenvalue weighted by atomic mass is 10.2. The summed E-state index contributed by atoms with van der Waals surface area (Å²) in [5, 5.41) is 16.3. The van der Waals surface area contributed by atoms with E-state index in [9.17, 15) is 4.79 Å². The van der Waals surface area contributed by atoms with Gasteiger partial charge in [-0.15, -0.1) is 0 Å². The Morgan fingerprint density at radius 3 is 3.26 bits per heavy atom. The molecule has 0 bridgehead atoms. The number of hydrogen-bond acceptors (Lipinski definition) is 5. The number of carboxylic acid groups (broad SMARTS) is 1. The minimum Gasteiger partial charge on any atom is -0.477 e. The second kappa shape index (κ2) is 4.85. The van der Waals surface area contributed by atoms with Crippen molar-refractivity contribution in [2.75, 3.05) is 18.5 Å². The molecular formula is C12H14N4O3. The molecule has 1 atom stereocenters. The van der Waals surface area contributed by atoms with Crippen molar-refractivity contribution in [1.82, 2.24) is 14.6 Å². The molecule has 3 heterocycles. The molecule has 7 heteroatoms. The van der Waals surface area contributed by atoms with E-state index in [-0.39, 0.29) is 11.7 Å². The summed E-state index contributed by atoms with van der Waals surface area (Å²) in [6, 6.07) is 1.76. The van der Waals surface area contributed by atoms with Gasteiger partial charge < -0.3 is 15.2 Å². The van der Waals surface area contributed by atoms with Gasteiger partial charge in [0.15, 0.2) is 5.65 Å². The highest BCUT2D eigenvalue weighted by atomic mass is 16.5. The third-order valence-corrected chi connectivity index (χ3v) is 3.17. The number of ether oxygens (including phenoxy) is 1. The number of nitrogens with zero attached hydrogens (tertiary/aromatic N) is 3. The zero-order valence-corrected chi connectivity index (χ0v) is 10.2. The van der Waals surface area contributed by atoms with E-state index in [4.69, 9.17) is 9.84 Å². The maximum Gasteiger partial charge on any atom is 0.341 e. The number of anilines is 1. The Morgan fingerprint density at radius 2 is 2.53 bits per heavy atom. The second-order valence-corrected chi connectivity index (χ2v) is 4.44. The summed E-state index contributed by atoms with van der Waals surface area (Å²) in [6.45, 7) is 1.49. The van der Waals surface area contributed by atoms with E-state index in [0.29, 0.717) is 18.0 Å². The number of aromatic nitrogens is 3. The van der Waals surface area contributed by atoms with E-state index in [1.807, 2.05) is 0 Å². The number of fused-ring (bicyclic) bond motifs is 1. The van der Waals surface area contributed by atoms with E-state index in [2.05, 4.69) is 15.4 Å². The molecule has 2 aromatic heterocycles. The highest BCUT2D eigenvalue weighted by Crippen LogP contribution is 2.16. The van der Waals surface area contributed by atoms with Crippen molar-refractivity contribution in [3.63, 3.8) is 0 Å². The lowest BCUT2D eigenvalue weighted by molar-refractivity contribution is 0.0698. The average Bonchev–Trinajstić information content (AvgIpc) is 3.05. The van der Waals surface area contributed by atoms with Crippen molar-refractivity contribution in [2.45, 2.75) is 18.9 Å². The van der Waals surface area contributed by atoms with Crippen LogP contribution in [-0.4, -0.2) is 44.9 Å². The number of hydrogen-bond donors (Lipinski definition) is 2. The maximum absolute atomic E-state index is 11.0. The molecule has 0 amide bonds. The summed E-state index contributed by atoms with van der Waals surface area (Å²) >= 11 is 0. The van der Waals surface area contributed by atoms with E-state index >= 15 is 0 Å². The van der Waals surface area contributed by atoms with E-state index in [1.54, 1.807) is 12.3 Å². The molecule has 1 fully saturated rings. The fourth-order valence-corrected chi connectivity index (χ4v) is 2.20. The topological polar surface area (TPSA) is 88.8 Å². The Bertz CT molecular complexity index is 604. The lowest BCUT2D eigenvalue weighted by Crippen LogP contribution is -2.20. The molecule has 3 rings (SSSR count). The predicted molar refractivity (Wildman–Crippen MR) is 67.4 cm³/mol. The fraction of sp³-hybridized carbons (Fsp3) is 0.417. The van der Waals surface area contributed by atoms with Crippen LogP contribution in [0, 0.1) is 0 Å². The average molecular weight is 262 g/mol. The summed E-state index contributed by atoms with van der Waals surface area (Å²) < 4.78 is 7.03.